The third-order valence-corrected chi connectivity index (χ3v) is 5.70. The SMILES string of the molecule is CCc1ccc(SNc2nc(Br)nc(OCCOC(C)(C)C)c2Oc2ccccc2OC)cc1. The Labute approximate surface area is 213 Å². The van der Waals surface area contributed by atoms with Crippen LogP contribution in [0.1, 0.15) is 33.3 Å². The van der Waals surface area contributed by atoms with Crippen molar-refractivity contribution in [2.45, 2.75) is 44.6 Å². The number of ether oxygens (including phenoxy) is 4. The first kappa shape index (κ1) is 26.1. The summed E-state index contributed by atoms with van der Waals surface area (Å²) < 4.78 is 27.1. The Kier molecular flexibility index (Phi) is 9.44. The van der Waals surface area contributed by atoms with Crippen molar-refractivity contribution in [2.24, 2.45) is 0 Å². The molecule has 0 radical (unpaired) electrons. The zero-order valence-electron chi connectivity index (χ0n) is 20.1. The number of nitrogens with one attached hydrogen (secondary N) is 1. The van der Waals surface area contributed by atoms with E-state index in [1.165, 1.54) is 17.5 Å². The summed E-state index contributed by atoms with van der Waals surface area (Å²) >= 11 is 4.81. The molecule has 0 amide bonds. The van der Waals surface area contributed by atoms with Crippen LogP contribution in [0.15, 0.2) is 58.2 Å². The number of aryl methyl sites for hydroxylation is 1. The normalized spacial score (nSPS) is 11.2. The van der Waals surface area contributed by atoms with Gasteiger partial charge < -0.3 is 23.7 Å². The second kappa shape index (κ2) is 12.3. The molecular weight excluding hydrogens is 518 g/mol. The number of hydrogen-bond acceptors (Lipinski definition) is 8. The Morgan fingerprint density at radius 1 is 0.971 bits per heavy atom. The molecule has 0 saturated heterocycles. The van der Waals surface area contributed by atoms with Crippen LogP contribution in [0.4, 0.5) is 5.82 Å². The van der Waals surface area contributed by atoms with Crippen molar-refractivity contribution in [1.29, 1.82) is 0 Å². The molecular formula is C25H30BrN3O4S. The summed E-state index contributed by atoms with van der Waals surface area (Å²) in [4.78, 5) is 9.95. The molecule has 182 valence electrons. The maximum absolute atomic E-state index is 6.23. The van der Waals surface area contributed by atoms with E-state index >= 15 is 0 Å². The largest absolute Gasteiger partial charge is 0.493 e. The molecule has 0 atom stereocenters. The lowest BCUT2D eigenvalue weighted by atomic mass is 10.2. The molecule has 0 saturated carbocycles. The van der Waals surface area contributed by atoms with E-state index in [0.29, 0.717) is 41.0 Å². The van der Waals surface area contributed by atoms with Crippen LogP contribution in [0.25, 0.3) is 0 Å². The molecule has 0 aliphatic carbocycles. The summed E-state index contributed by atoms with van der Waals surface area (Å²) in [5.41, 5.74) is 1.02. The number of halogens is 1. The van der Waals surface area contributed by atoms with Gasteiger partial charge in [-0.05, 0) is 84.9 Å². The van der Waals surface area contributed by atoms with Crippen LogP contribution in [-0.4, -0.2) is 35.9 Å². The van der Waals surface area contributed by atoms with E-state index in [9.17, 15) is 0 Å². The van der Waals surface area contributed by atoms with Crippen molar-refractivity contribution in [3.63, 3.8) is 0 Å². The molecule has 3 rings (SSSR count). The van der Waals surface area contributed by atoms with Gasteiger partial charge in [-0.3, -0.25) is 0 Å². The summed E-state index contributed by atoms with van der Waals surface area (Å²) in [5, 5.41) is 0. The first-order valence-corrected chi connectivity index (χ1v) is 12.6. The summed E-state index contributed by atoms with van der Waals surface area (Å²) in [6.07, 6.45) is 0.994. The maximum Gasteiger partial charge on any atom is 0.264 e. The van der Waals surface area contributed by atoms with E-state index < -0.39 is 0 Å². The fourth-order valence-electron chi connectivity index (χ4n) is 2.86. The van der Waals surface area contributed by atoms with Gasteiger partial charge in [0, 0.05) is 4.90 Å². The average Bonchev–Trinajstić information content (AvgIpc) is 2.82. The number of rotatable bonds is 11. The maximum atomic E-state index is 6.23. The zero-order chi connectivity index (χ0) is 24.6. The number of anilines is 1. The van der Waals surface area contributed by atoms with E-state index in [0.717, 1.165) is 11.3 Å². The Morgan fingerprint density at radius 2 is 1.68 bits per heavy atom. The van der Waals surface area contributed by atoms with Gasteiger partial charge in [0.2, 0.25) is 10.5 Å². The number of aromatic nitrogens is 2. The van der Waals surface area contributed by atoms with E-state index in [2.05, 4.69) is 61.8 Å². The van der Waals surface area contributed by atoms with Crippen LogP contribution in [0.5, 0.6) is 23.1 Å². The molecule has 9 heteroatoms. The van der Waals surface area contributed by atoms with Crippen LogP contribution in [0.3, 0.4) is 0 Å². The smallest absolute Gasteiger partial charge is 0.264 e. The lowest BCUT2D eigenvalue weighted by molar-refractivity contribution is -0.0170. The molecule has 0 aliphatic rings. The molecule has 1 heterocycles. The summed E-state index contributed by atoms with van der Waals surface area (Å²) in [7, 11) is 1.59. The average molecular weight is 549 g/mol. The highest BCUT2D eigenvalue weighted by atomic mass is 79.9. The highest BCUT2D eigenvalue weighted by molar-refractivity contribution is 9.10. The predicted octanol–water partition coefficient (Wildman–Crippen LogP) is 6.92. The number of methoxy groups -OCH3 is 1. The van der Waals surface area contributed by atoms with E-state index in [4.69, 9.17) is 18.9 Å². The third-order valence-electron chi connectivity index (χ3n) is 4.54. The van der Waals surface area contributed by atoms with Crippen molar-refractivity contribution in [1.82, 2.24) is 9.97 Å². The Balaban J connectivity index is 1.87. The minimum atomic E-state index is -0.261. The van der Waals surface area contributed by atoms with Gasteiger partial charge in [0.05, 0.1) is 19.3 Å². The quantitative estimate of drug-likeness (QED) is 0.157. The van der Waals surface area contributed by atoms with E-state index in [-0.39, 0.29) is 11.5 Å². The van der Waals surface area contributed by atoms with Gasteiger partial charge in [-0.25, -0.2) is 0 Å². The minimum Gasteiger partial charge on any atom is -0.493 e. The van der Waals surface area contributed by atoms with Crippen molar-refractivity contribution < 1.29 is 18.9 Å². The Morgan fingerprint density at radius 3 is 2.32 bits per heavy atom. The van der Waals surface area contributed by atoms with Gasteiger partial charge in [0.1, 0.15) is 6.61 Å². The number of hydrogen-bond donors (Lipinski definition) is 1. The van der Waals surface area contributed by atoms with Crippen molar-refractivity contribution in [3.05, 3.63) is 58.8 Å². The number of nitrogens with zero attached hydrogens (tertiary/aromatic N) is 2. The van der Waals surface area contributed by atoms with Gasteiger partial charge >= 0.3 is 0 Å². The zero-order valence-corrected chi connectivity index (χ0v) is 22.5. The molecule has 0 aliphatic heterocycles. The Hall–Kier alpha value is -2.49. The lowest BCUT2D eigenvalue weighted by Gasteiger charge is -2.20. The molecule has 0 bridgehead atoms. The first-order valence-electron chi connectivity index (χ1n) is 11.0. The summed E-state index contributed by atoms with van der Waals surface area (Å²) in [5.74, 6) is 2.20. The molecule has 0 fully saturated rings. The molecule has 0 spiro atoms. The van der Waals surface area contributed by atoms with Crippen LogP contribution in [0, 0.1) is 0 Å². The summed E-state index contributed by atoms with van der Waals surface area (Å²) in [6, 6.07) is 15.7. The fraction of sp³-hybridized carbons (Fsp3) is 0.360. The van der Waals surface area contributed by atoms with Gasteiger partial charge in [-0.1, -0.05) is 31.2 Å². The third kappa shape index (κ3) is 7.78. The van der Waals surface area contributed by atoms with Crippen molar-refractivity contribution in [2.75, 3.05) is 25.0 Å². The topological polar surface area (TPSA) is 74.7 Å². The Bertz CT molecular complexity index is 1070. The van der Waals surface area contributed by atoms with Crippen LogP contribution in [0.2, 0.25) is 0 Å². The van der Waals surface area contributed by atoms with Crippen LogP contribution < -0.4 is 18.9 Å². The molecule has 34 heavy (non-hydrogen) atoms. The molecule has 1 aromatic heterocycles. The summed E-state index contributed by atoms with van der Waals surface area (Å²) in [6.45, 7) is 8.83. The van der Waals surface area contributed by atoms with Gasteiger partial charge in [-0.2, -0.15) is 9.97 Å². The molecule has 2 aromatic carbocycles. The first-order chi connectivity index (χ1) is 16.3. The van der Waals surface area contributed by atoms with Crippen LogP contribution in [-0.2, 0) is 11.2 Å². The van der Waals surface area contributed by atoms with E-state index in [1.54, 1.807) is 7.11 Å². The molecule has 7 nitrogen and oxygen atoms in total. The molecule has 1 N–H and O–H groups in total. The second-order valence-electron chi connectivity index (χ2n) is 8.24. The second-order valence-corrected chi connectivity index (χ2v) is 9.83. The van der Waals surface area contributed by atoms with Gasteiger partial charge in [-0.15, -0.1) is 0 Å². The lowest BCUT2D eigenvalue weighted by Crippen LogP contribution is -2.22. The number of benzene rings is 2. The monoisotopic (exact) mass is 547 g/mol. The fourth-order valence-corrected chi connectivity index (χ4v) is 3.83. The molecule has 0 unspecified atom stereocenters. The standard InChI is InChI=1S/C25H30BrN3O4S/c1-6-17-11-13-18(14-12-17)34-29-22-21(33-20-10-8-7-9-19(20)30-5)23(28-24(26)27-22)31-15-16-32-25(2,3)4/h7-14H,6,15-16H2,1-5H3,(H,27,28,29). The predicted molar refractivity (Wildman–Crippen MR) is 139 cm³/mol. The van der Waals surface area contributed by atoms with Crippen LogP contribution >= 0.6 is 27.9 Å². The van der Waals surface area contributed by atoms with Gasteiger partial charge in [0.25, 0.3) is 5.88 Å². The van der Waals surface area contributed by atoms with Crippen molar-refractivity contribution in [3.8, 4) is 23.1 Å². The highest BCUT2D eigenvalue weighted by Crippen LogP contribution is 2.41. The van der Waals surface area contributed by atoms with Gasteiger partial charge in [0.15, 0.2) is 17.3 Å². The molecule has 3 aromatic rings. The minimum absolute atomic E-state index is 0.261. The highest BCUT2D eigenvalue weighted by Gasteiger charge is 2.20. The van der Waals surface area contributed by atoms with E-state index in [1.807, 2.05) is 45.0 Å². The van der Waals surface area contributed by atoms with Crippen molar-refractivity contribution >= 4 is 33.7 Å². The number of para-hydroxylation sites is 2.